The lowest BCUT2D eigenvalue weighted by Crippen LogP contribution is -2.45. The Bertz CT molecular complexity index is 1320. The Morgan fingerprint density at radius 1 is 1.18 bits per heavy atom. The summed E-state index contributed by atoms with van der Waals surface area (Å²) in [4.78, 5) is 15.4. The van der Waals surface area contributed by atoms with Crippen LogP contribution in [0.1, 0.15) is 25.3 Å². The molecule has 1 fully saturated rings. The highest BCUT2D eigenvalue weighted by Crippen LogP contribution is 2.23. The van der Waals surface area contributed by atoms with E-state index in [1.54, 1.807) is 23.6 Å². The molecule has 0 unspecified atom stereocenters. The van der Waals surface area contributed by atoms with Gasteiger partial charge in [0.25, 0.3) is 0 Å². The SMILES string of the molecule is CCS(=O)(=O)c1ccc(N2CCC(NC(=O)Cn3c(-c4cccc(C)c4)n[nH]c3=S)CC2)cc1. The molecular formula is C24H29N5O3S2. The van der Waals surface area contributed by atoms with E-state index in [9.17, 15) is 13.2 Å². The molecule has 1 aromatic heterocycles. The maximum Gasteiger partial charge on any atom is 0.240 e. The number of aromatic amines is 1. The number of hydrogen-bond donors (Lipinski definition) is 2. The van der Waals surface area contributed by atoms with E-state index < -0.39 is 9.84 Å². The van der Waals surface area contributed by atoms with Crippen LogP contribution >= 0.6 is 12.2 Å². The highest BCUT2D eigenvalue weighted by Gasteiger charge is 2.22. The number of nitrogens with zero attached hydrogens (tertiary/aromatic N) is 3. The topological polar surface area (TPSA) is 100 Å². The van der Waals surface area contributed by atoms with Crippen molar-refractivity contribution in [3.8, 4) is 11.4 Å². The number of nitrogens with one attached hydrogen (secondary N) is 2. The highest BCUT2D eigenvalue weighted by molar-refractivity contribution is 7.91. The molecule has 0 spiro atoms. The normalized spacial score (nSPS) is 14.8. The third-order valence-corrected chi connectivity index (χ3v) is 8.20. The van der Waals surface area contributed by atoms with Crippen molar-refractivity contribution in [2.45, 2.75) is 44.2 Å². The van der Waals surface area contributed by atoms with Crippen LogP contribution in [0.2, 0.25) is 0 Å². The minimum Gasteiger partial charge on any atom is -0.371 e. The van der Waals surface area contributed by atoms with Gasteiger partial charge in [-0.1, -0.05) is 30.7 Å². The Morgan fingerprint density at radius 3 is 2.53 bits per heavy atom. The van der Waals surface area contributed by atoms with E-state index in [1.165, 1.54) is 0 Å². The fraction of sp³-hybridized carbons (Fsp3) is 0.375. The molecule has 2 heterocycles. The number of hydrogen-bond acceptors (Lipinski definition) is 6. The number of aromatic nitrogens is 3. The van der Waals surface area contributed by atoms with E-state index in [-0.39, 0.29) is 24.2 Å². The third kappa shape index (κ3) is 5.39. The van der Waals surface area contributed by atoms with Crippen molar-refractivity contribution < 1.29 is 13.2 Å². The Balaban J connectivity index is 1.34. The molecule has 8 nitrogen and oxygen atoms in total. The van der Waals surface area contributed by atoms with Gasteiger partial charge >= 0.3 is 0 Å². The summed E-state index contributed by atoms with van der Waals surface area (Å²) in [7, 11) is -3.20. The molecule has 4 rings (SSSR count). The van der Waals surface area contributed by atoms with E-state index in [0.717, 1.165) is 42.7 Å². The summed E-state index contributed by atoms with van der Waals surface area (Å²) in [5.41, 5.74) is 3.01. The van der Waals surface area contributed by atoms with Gasteiger partial charge in [-0.15, -0.1) is 0 Å². The van der Waals surface area contributed by atoms with Gasteiger partial charge in [0.2, 0.25) is 5.91 Å². The largest absolute Gasteiger partial charge is 0.371 e. The molecule has 2 N–H and O–H groups in total. The number of anilines is 1. The summed E-state index contributed by atoms with van der Waals surface area (Å²) < 4.78 is 26.2. The van der Waals surface area contributed by atoms with Crippen LogP contribution in [-0.2, 0) is 21.2 Å². The fourth-order valence-electron chi connectivity index (χ4n) is 4.20. The van der Waals surface area contributed by atoms with Crippen LogP contribution in [-0.4, -0.2) is 54.0 Å². The van der Waals surface area contributed by atoms with Crippen molar-refractivity contribution in [3.63, 3.8) is 0 Å². The van der Waals surface area contributed by atoms with Crippen molar-refractivity contribution in [3.05, 3.63) is 58.9 Å². The van der Waals surface area contributed by atoms with Gasteiger partial charge in [-0.05, 0) is 62.3 Å². The molecule has 1 saturated heterocycles. The van der Waals surface area contributed by atoms with Crippen molar-refractivity contribution in [2.75, 3.05) is 23.7 Å². The van der Waals surface area contributed by atoms with Gasteiger partial charge in [0.1, 0.15) is 6.54 Å². The molecule has 1 aliphatic rings. The molecule has 2 aromatic carbocycles. The zero-order chi connectivity index (χ0) is 24.3. The molecule has 0 atom stereocenters. The van der Waals surface area contributed by atoms with Gasteiger partial charge in [-0.25, -0.2) is 8.42 Å². The van der Waals surface area contributed by atoms with Crippen molar-refractivity contribution in [1.29, 1.82) is 0 Å². The molecule has 0 saturated carbocycles. The van der Waals surface area contributed by atoms with E-state index >= 15 is 0 Å². The molecular weight excluding hydrogens is 470 g/mol. The maximum atomic E-state index is 12.8. The quantitative estimate of drug-likeness (QED) is 0.483. The van der Waals surface area contributed by atoms with E-state index in [0.29, 0.717) is 15.5 Å². The van der Waals surface area contributed by atoms with Gasteiger partial charge in [0.15, 0.2) is 20.4 Å². The van der Waals surface area contributed by atoms with E-state index in [1.807, 2.05) is 43.3 Å². The van der Waals surface area contributed by atoms with Crippen LogP contribution in [0.25, 0.3) is 11.4 Å². The zero-order valence-electron chi connectivity index (χ0n) is 19.3. The molecule has 180 valence electrons. The number of carbonyl (C=O) groups is 1. The Labute approximate surface area is 204 Å². The number of aryl methyl sites for hydroxylation is 1. The van der Waals surface area contributed by atoms with Crippen LogP contribution in [0.4, 0.5) is 5.69 Å². The lowest BCUT2D eigenvalue weighted by Gasteiger charge is -2.34. The Hall–Kier alpha value is -2.98. The lowest BCUT2D eigenvalue weighted by molar-refractivity contribution is -0.122. The van der Waals surface area contributed by atoms with Crippen molar-refractivity contribution in [2.24, 2.45) is 0 Å². The smallest absolute Gasteiger partial charge is 0.240 e. The Morgan fingerprint density at radius 2 is 1.88 bits per heavy atom. The van der Waals surface area contributed by atoms with Crippen LogP contribution in [0.3, 0.4) is 0 Å². The molecule has 0 aliphatic carbocycles. The molecule has 3 aromatic rings. The number of piperidine rings is 1. The monoisotopic (exact) mass is 499 g/mol. The summed E-state index contributed by atoms with van der Waals surface area (Å²) in [6.07, 6.45) is 1.62. The van der Waals surface area contributed by atoms with Gasteiger partial charge < -0.3 is 10.2 Å². The first-order valence-electron chi connectivity index (χ1n) is 11.4. The lowest BCUT2D eigenvalue weighted by atomic mass is 10.0. The number of H-pyrrole nitrogens is 1. The standard InChI is InChI=1S/C24H29N5O3S2/c1-3-34(31,32)21-9-7-20(8-10-21)28-13-11-19(12-14-28)25-22(30)16-29-23(26-27-24(29)33)18-6-4-5-17(2)15-18/h4-10,15,19H,3,11-14,16H2,1-2H3,(H,25,30)(H,27,33). The van der Waals surface area contributed by atoms with Gasteiger partial charge in [0, 0.05) is 30.4 Å². The average Bonchev–Trinajstić information content (AvgIpc) is 3.19. The fourth-order valence-corrected chi connectivity index (χ4v) is 5.28. The minimum absolute atomic E-state index is 0.0759. The second-order valence-electron chi connectivity index (χ2n) is 8.53. The third-order valence-electron chi connectivity index (χ3n) is 6.14. The number of amides is 1. The number of rotatable bonds is 7. The van der Waals surface area contributed by atoms with Crippen LogP contribution in [0.15, 0.2) is 53.4 Å². The summed E-state index contributed by atoms with van der Waals surface area (Å²) in [5, 5.41) is 10.2. The average molecular weight is 500 g/mol. The molecule has 0 bridgehead atoms. The minimum atomic E-state index is -3.20. The first-order valence-corrected chi connectivity index (χ1v) is 13.4. The van der Waals surface area contributed by atoms with Crippen LogP contribution in [0.5, 0.6) is 0 Å². The summed E-state index contributed by atoms with van der Waals surface area (Å²) in [6.45, 7) is 5.32. The number of carbonyl (C=O) groups excluding carboxylic acids is 1. The predicted molar refractivity (Wildman–Crippen MR) is 135 cm³/mol. The second kappa shape index (κ2) is 10.1. The molecule has 10 heteroatoms. The van der Waals surface area contributed by atoms with Crippen molar-refractivity contribution in [1.82, 2.24) is 20.1 Å². The molecule has 0 radical (unpaired) electrons. The zero-order valence-corrected chi connectivity index (χ0v) is 21.0. The van der Waals surface area contributed by atoms with Crippen LogP contribution in [0, 0.1) is 11.7 Å². The van der Waals surface area contributed by atoms with E-state index in [2.05, 4.69) is 20.4 Å². The van der Waals surface area contributed by atoms with Gasteiger partial charge in [-0.2, -0.15) is 5.10 Å². The van der Waals surface area contributed by atoms with Crippen LogP contribution < -0.4 is 10.2 Å². The molecule has 34 heavy (non-hydrogen) atoms. The Kier molecular flexibility index (Phi) is 7.18. The van der Waals surface area contributed by atoms with Crippen molar-refractivity contribution >= 4 is 33.6 Å². The molecule has 1 aliphatic heterocycles. The first-order chi connectivity index (χ1) is 16.3. The highest BCUT2D eigenvalue weighted by atomic mass is 32.2. The number of benzene rings is 2. The number of sulfone groups is 1. The predicted octanol–water partition coefficient (Wildman–Crippen LogP) is 3.49. The summed E-state index contributed by atoms with van der Waals surface area (Å²) in [5.74, 6) is 0.639. The maximum absolute atomic E-state index is 12.8. The van der Waals surface area contributed by atoms with Gasteiger partial charge in [0.05, 0.1) is 10.6 Å². The van der Waals surface area contributed by atoms with E-state index in [4.69, 9.17) is 12.2 Å². The first kappa shape index (κ1) is 24.2. The van der Waals surface area contributed by atoms with Gasteiger partial charge in [-0.3, -0.25) is 14.5 Å². The summed E-state index contributed by atoms with van der Waals surface area (Å²) >= 11 is 5.36. The summed E-state index contributed by atoms with van der Waals surface area (Å²) in [6, 6.07) is 15.1. The molecule has 1 amide bonds. The second-order valence-corrected chi connectivity index (χ2v) is 11.2.